The molecule has 12 nitrogen and oxygen atoms in total. The van der Waals surface area contributed by atoms with Gasteiger partial charge in [-0.1, -0.05) is 78.3 Å². The Morgan fingerprint density at radius 2 is 1.68 bits per heavy atom. The largest absolute Gasteiger partial charge is 0.506 e. The van der Waals surface area contributed by atoms with Gasteiger partial charge in [0.25, 0.3) is 0 Å². The number of hydrogen-bond donors (Lipinski definition) is 4. The number of aliphatic hydroxyl groups is 1. The molecule has 0 saturated carbocycles. The number of ether oxygens (including phenoxy) is 2. The molecule has 6 aromatic rings. The summed E-state index contributed by atoms with van der Waals surface area (Å²) in [6, 6.07) is 34.1. The fourth-order valence-corrected chi connectivity index (χ4v) is 8.33. The van der Waals surface area contributed by atoms with E-state index < -0.39 is 12.2 Å². The van der Waals surface area contributed by atoms with Crippen molar-refractivity contribution in [3.63, 3.8) is 0 Å². The molecule has 2 amide bonds. The molecule has 0 unspecified atom stereocenters. The molecule has 4 N–H and O–H groups in total. The number of carbonyl (C=O) groups is 3. The highest BCUT2D eigenvalue weighted by Crippen LogP contribution is 2.34. The van der Waals surface area contributed by atoms with Gasteiger partial charge in [0.2, 0.25) is 11.5 Å². The third-order valence-electron chi connectivity index (χ3n) is 11.6. The number of benzene rings is 5. The normalized spacial score (nSPS) is 13.7. The number of aromatic nitrogens is 1. The monoisotopic (exact) mass is 870 g/mol. The second kappa shape index (κ2) is 20.6. The predicted molar refractivity (Wildman–Crippen MR) is 246 cm³/mol. The summed E-state index contributed by atoms with van der Waals surface area (Å²) in [4.78, 5) is 58.0. The van der Waals surface area contributed by atoms with Crippen molar-refractivity contribution >= 4 is 51.7 Å². The number of aliphatic hydroxyl groups excluding tert-OH is 1. The van der Waals surface area contributed by atoms with E-state index in [1.165, 1.54) is 12.1 Å². The molecule has 1 aromatic heterocycles. The molecule has 13 heteroatoms. The quantitative estimate of drug-likeness (QED) is 0.0696. The van der Waals surface area contributed by atoms with Crippen LogP contribution in [0.4, 0.5) is 16.2 Å². The maximum absolute atomic E-state index is 13.6. The van der Waals surface area contributed by atoms with Crippen molar-refractivity contribution in [3.05, 3.63) is 153 Å². The molecule has 1 aliphatic heterocycles. The number of amides is 2. The lowest BCUT2D eigenvalue weighted by molar-refractivity contribution is -0.118. The first kappa shape index (κ1) is 44.6. The van der Waals surface area contributed by atoms with E-state index in [0.29, 0.717) is 96.0 Å². The van der Waals surface area contributed by atoms with Crippen molar-refractivity contribution < 1.29 is 34.1 Å². The molecule has 5 aromatic carbocycles. The summed E-state index contributed by atoms with van der Waals surface area (Å²) >= 11 is 6.74. The predicted octanol–water partition coefficient (Wildman–Crippen LogP) is 9.11. The van der Waals surface area contributed by atoms with Crippen LogP contribution >= 0.6 is 11.6 Å². The molecular formula is C50H51ClN4O8. The Hall–Kier alpha value is -6.47. The van der Waals surface area contributed by atoms with E-state index in [2.05, 4.69) is 15.2 Å². The smallest absolute Gasteiger partial charge is 0.411 e. The number of piperidine rings is 1. The molecule has 7 rings (SSSR count). The maximum atomic E-state index is 13.6. The van der Waals surface area contributed by atoms with Gasteiger partial charge in [0.15, 0.2) is 5.78 Å². The first-order chi connectivity index (χ1) is 30.5. The third-order valence-corrected chi connectivity index (χ3v) is 12.0. The lowest BCUT2D eigenvalue weighted by atomic mass is 9.96. The van der Waals surface area contributed by atoms with Crippen LogP contribution in [0.2, 0.25) is 5.02 Å². The number of phenols is 1. The highest BCUT2D eigenvalue weighted by molar-refractivity contribution is 6.31. The number of phenolic OH excluding ortho intramolecular Hbond substituents is 1. The molecule has 1 aliphatic rings. The number of ketones is 1. The number of likely N-dealkylation sites (tertiary alicyclic amines) is 1. The van der Waals surface area contributed by atoms with E-state index >= 15 is 0 Å². The van der Waals surface area contributed by atoms with Crippen LogP contribution in [-0.4, -0.2) is 77.8 Å². The van der Waals surface area contributed by atoms with Crippen molar-refractivity contribution in [2.45, 2.75) is 57.2 Å². The van der Waals surface area contributed by atoms with Crippen LogP contribution in [-0.2, 0) is 22.4 Å². The van der Waals surface area contributed by atoms with Gasteiger partial charge in [0.05, 0.1) is 24.4 Å². The van der Waals surface area contributed by atoms with E-state index in [-0.39, 0.29) is 47.5 Å². The number of fused-ring (bicyclic) bond motifs is 1. The average molecular weight is 871 g/mol. The molecule has 0 bridgehead atoms. The van der Waals surface area contributed by atoms with Crippen molar-refractivity contribution in [2.75, 3.05) is 44.0 Å². The number of aromatic amines is 1. The molecule has 0 radical (unpaired) electrons. The second-order valence-corrected chi connectivity index (χ2v) is 16.2. The lowest BCUT2D eigenvalue weighted by Gasteiger charge is -2.31. The molecule has 1 saturated heterocycles. The minimum absolute atomic E-state index is 0.0215. The SMILES string of the molecule is COc1cc(CC(=O)c2cccc(N(C)C(=O)CCN3CCC(OC(=O)Nc4ccccc4-c4ccccc4)CC3)c2)c(Cl)cc1CCC[C@H](O)c1ccc(O)c2[nH]c(=O)ccc12. The highest BCUT2D eigenvalue weighted by atomic mass is 35.5. The standard InChI is InChI=1S/C50H51ClN4O8/c1-54(48(60)24-27-55-25-22-37(23-26-55)63-50(61)52-42-16-7-6-15-38(42)32-10-4-3-5-11-32)36-14-8-12-33(28-36)45(58)30-35-31-46(62-2)34(29-41(35)51)13-9-17-43(56)39-18-20-44(57)49-40(39)19-21-47(59)53-49/h3-8,10-12,14-16,18-21,28-29,31,37,43,56-57H,9,13,17,22-27,30H2,1-2H3,(H,52,61)(H,53,59)/t43-/m0/s1. The Balaban J connectivity index is 0.872. The second-order valence-electron chi connectivity index (χ2n) is 15.8. The number of anilines is 2. The number of nitrogens with one attached hydrogen (secondary N) is 2. The number of aromatic hydroxyl groups is 1. The number of para-hydroxylation sites is 1. The molecule has 1 atom stereocenters. The summed E-state index contributed by atoms with van der Waals surface area (Å²) in [6.45, 7) is 1.95. The molecule has 63 heavy (non-hydrogen) atoms. The van der Waals surface area contributed by atoms with E-state index in [9.17, 15) is 29.4 Å². The number of methoxy groups -OCH3 is 1. The van der Waals surface area contributed by atoms with E-state index in [0.717, 1.165) is 16.7 Å². The van der Waals surface area contributed by atoms with Crippen LogP contribution < -0.4 is 20.5 Å². The molecular weight excluding hydrogens is 820 g/mol. The van der Waals surface area contributed by atoms with Gasteiger partial charge in [-0.2, -0.15) is 0 Å². The summed E-state index contributed by atoms with van der Waals surface area (Å²) in [7, 11) is 3.26. The number of carbonyl (C=O) groups excluding carboxylic acids is 3. The van der Waals surface area contributed by atoms with Gasteiger partial charge in [-0.25, -0.2) is 4.79 Å². The van der Waals surface area contributed by atoms with Crippen LogP contribution in [0.25, 0.3) is 22.0 Å². The number of pyridine rings is 1. The van der Waals surface area contributed by atoms with Crippen molar-refractivity contribution in [3.8, 4) is 22.6 Å². The molecule has 0 aliphatic carbocycles. The first-order valence-corrected chi connectivity index (χ1v) is 21.5. The fraction of sp³-hybridized carbons (Fsp3) is 0.280. The number of nitrogens with zero attached hydrogens (tertiary/aromatic N) is 2. The first-order valence-electron chi connectivity index (χ1n) is 21.1. The average Bonchev–Trinajstić information content (AvgIpc) is 3.29. The topological polar surface area (TPSA) is 162 Å². The lowest BCUT2D eigenvalue weighted by Crippen LogP contribution is -2.40. The number of H-pyrrole nitrogens is 1. The van der Waals surface area contributed by atoms with Crippen molar-refractivity contribution in [1.29, 1.82) is 0 Å². The van der Waals surface area contributed by atoms with Gasteiger partial charge in [-0.05, 0) is 96.8 Å². The number of rotatable bonds is 16. The van der Waals surface area contributed by atoms with Crippen molar-refractivity contribution in [2.24, 2.45) is 0 Å². The summed E-state index contributed by atoms with van der Waals surface area (Å²) < 4.78 is 11.5. The van der Waals surface area contributed by atoms with Crippen LogP contribution in [0.3, 0.4) is 0 Å². The molecule has 326 valence electrons. The van der Waals surface area contributed by atoms with Gasteiger partial charge in [-0.15, -0.1) is 0 Å². The van der Waals surface area contributed by atoms with Crippen LogP contribution in [0, 0.1) is 0 Å². The van der Waals surface area contributed by atoms with Gasteiger partial charge >= 0.3 is 6.09 Å². The Morgan fingerprint density at radius 3 is 2.46 bits per heavy atom. The van der Waals surface area contributed by atoms with E-state index in [4.69, 9.17) is 21.1 Å². The van der Waals surface area contributed by atoms with Crippen LogP contribution in [0.5, 0.6) is 11.5 Å². The Labute approximate surface area is 371 Å². The fourth-order valence-electron chi connectivity index (χ4n) is 8.08. The Morgan fingerprint density at radius 1 is 0.921 bits per heavy atom. The summed E-state index contributed by atoms with van der Waals surface area (Å²) in [5.74, 6) is 0.254. The Kier molecular flexibility index (Phi) is 14.6. The Bertz CT molecular complexity index is 2640. The number of halogens is 1. The van der Waals surface area contributed by atoms with Crippen molar-refractivity contribution in [1.82, 2.24) is 9.88 Å². The van der Waals surface area contributed by atoms with E-state index in [1.54, 1.807) is 67.6 Å². The molecule has 2 heterocycles. The zero-order valence-corrected chi connectivity index (χ0v) is 36.1. The summed E-state index contributed by atoms with van der Waals surface area (Å²) in [6.07, 6.45) is 1.60. The minimum Gasteiger partial charge on any atom is -0.506 e. The highest BCUT2D eigenvalue weighted by Gasteiger charge is 2.24. The molecule has 0 spiro atoms. The third kappa shape index (κ3) is 11.1. The van der Waals surface area contributed by atoms with E-state index in [1.807, 2.05) is 54.6 Å². The molecule has 1 fully saturated rings. The zero-order chi connectivity index (χ0) is 44.5. The zero-order valence-electron chi connectivity index (χ0n) is 35.3. The minimum atomic E-state index is -0.843. The van der Waals surface area contributed by atoms with Gasteiger partial charge < -0.3 is 34.5 Å². The van der Waals surface area contributed by atoms with Gasteiger partial charge in [-0.3, -0.25) is 19.7 Å². The number of hydrogen-bond acceptors (Lipinski definition) is 9. The maximum Gasteiger partial charge on any atom is 0.411 e. The van der Waals surface area contributed by atoms with Gasteiger partial charge in [0, 0.05) is 72.8 Å². The number of Topliss-reactive ketones (excluding diaryl/α,β-unsaturated/α-hetero) is 1. The van der Waals surface area contributed by atoms with Crippen LogP contribution in [0.15, 0.2) is 120 Å². The van der Waals surface area contributed by atoms with Gasteiger partial charge in [0.1, 0.15) is 17.6 Å². The van der Waals surface area contributed by atoms with Crippen LogP contribution in [0.1, 0.15) is 65.3 Å². The summed E-state index contributed by atoms with van der Waals surface area (Å²) in [5, 5.41) is 25.1. The summed E-state index contributed by atoms with van der Waals surface area (Å²) in [5.41, 5.74) is 5.62. The number of aryl methyl sites for hydroxylation is 1.